The van der Waals surface area contributed by atoms with Crippen LogP contribution in [0.25, 0.3) is 0 Å². The van der Waals surface area contributed by atoms with Gasteiger partial charge in [-0.25, -0.2) is 14.3 Å². The van der Waals surface area contributed by atoms with Crippen LogP contribution in [0.15, 0.2) is 29.1 Å². The number of carbonyl (C=O) groups is 1. The number of benzene rings is 1. The standard InChI is InChI=1S/C19H26N4O3.2ClH/c1-3-22-17(12-14-7-9-20-10-8-14)21-23(19(22)25)13-15-5-4-6-16(11-15)18(24)26-2;;/h4-6,11,14,20H,3,7-10,12-13H2,1-2H3;2*1H. The van der Waals surface area contributed by atoms with Gasteiger partial charge in [-0.1, -0.05) is 12.1 Å². The van der Waals surface area contributed by atoms with Crippen molar-refractivity contribution in [2.45, 2.75) is 39.3 Å². The molecule has 0 bridgehead atoms. The third-order valence-electron chi connectivity index (χ3n) is 4.93. The summed E-state index contributed by atoms with van der Waals surface area (Å²) in [5.74, 6) is 1.04. The predicted molar refractivity (Wildman–Crippen MR) is 113 cm³/mol. The molecular weight excluding hydrogens is 403 g/mol. The van der Waals surface area contributed by atoms with E-state index >= 15 is 0 Å². The summed E-state index contributed by atoms with van der Waals surface area (Å²) >= 11 is 0. The molecule has 1 N–H and O–H groups in total. The van der Waals surface area contributed by atoms with Crippen molar-refractivity contribution in [2.75, 3.05) is 20.2 Å². The molecule has 0 saturated carbocycles. The number of piperidine rings is 1. The van der Waals surface area contributed by atoms with Crippen molar-refractivity contribution in [1.29, 1.82) is 0 Å². The molecule has 28 heavy (non-hydrogen) atoms. The van der Waals surface area contributed by atoms with Crippen LogP contribution in [0.3, 0.4) is 0 Å². The summed E-state index contributed by atoms with van der Waals surface area (Å²) in [4.78, 5) is 24.4. The molecule has 3 rings (SSSR count). The Bertz CT molecular complexity index is 829. The Morgan fingerprint density at radius 1 is 1.29 bits per heavy atom. The van der Waals surface area contributed by atoms with E-state index < -0.39 is 0 Å². The maximum absolute atomic E-state index is 12.7. The van der Waals surface area contributed by atoms with Gasteiger partial charge in [0.1, 0.15) is 5.82 Å². The highest BCUT2D eigenvalue weighted by molar-refractivity contribution is 5.89. The molecule has 1 aliphatic heterocycles. The molecular formula is C19H28Cl2N4O3. The Hall–Kier alpha value is -1.83. The van der Waals surface area contributed by atoms with Crippen molar-refractivity contribution >= 4 is 30.8 Å². The molecule has 1 saturated heterocycles. The highest BCUT2D eigenvalue weighted by atomic mass is 35.5. The van der Waals surface area contributed by atoms with Gasteiger partial charge in [0.25, 0.3) is 0 Å². The molecule has 9 heteroatoms. The van der Waals surface area contributed by atoms with E-state index in [4.69, 9.17) is 4.74 Å². The van der Waals surface area contributed by atoms with E-state index in [1.807, 2.05) is 13.0 Å². The topological polar surface area (TPSA) is 78.2 Å². The minimum absolute atomic E-state index is 0. The Kier molecular flexibility index (Phi) is 9.72. The average molecular weight is 431 g/mol. The van der Waals surface area contributed by atoms with Crippen LogP contribution in [-0.2, 0) is 24.2 Å². The third-order valence-corrected chi connectivity index (χ3v) is 4.93. The van der Waals surface area contributed by atoms with Crippen LogP contribution < -0.4 is 11.0 Å². The highest BCUT2D eigenvalue weighted by Gasteiger charge is 2.19. The quantitative estimate of drug-likeness (QED) is 0.711. The number of nitrogens with one attached hydrogen (secondary N) is 1. The van der Waals surface area contributed by atoms with Crippen LogP contribution in [0.2, 0.25) is 0 Å². The van der Waals surface area contributed by atoms with Crippen LogP contribution >= 0.6 is 24.8 Å². The van der Waals surface area contributed by atoms with Crippen molar-refractivity contribution in [2.24, 2.45) is 5.92 Å². The van der Waals surface area contributed by atoms with Gasteiger partial charge in [-0.05, 0) is 56.5 Å². The number of carbonyl (C=O) groups excluding carboxylic acids is 1. The van der Waals surface area contributed by atoms with Crippen LogP contribution in [0, 0.1) is 5.92 Å². The Morgan fingerprint density at radius 3 is 2.64 bits per heavy atom. The number of aromatic nitrogens is 3. The molecule has 0 amide bonds. The fraction of sp³-hybridized carbons (Fsp3) is 0.526. The minimum Gasteiger partial charge on any atom is -0.465 e. The monoisotopic (exact) mass is 430 g/mol. The van der Waals surface area contributed by atoms with Crippen molar-refractivity contribution in [3.05, 3.63) is 51.7 Å². The highest BCUT2D eigenvalue weighted by Crippen LogP contribution is 2.16. The SMILES string of the molecule is CCn1c(CC2CCNCC2)nn(Cc2cccc(C(=O)OC)c2)c1=O.Cl.Cl. The van der Waals surface area contributed by atoms with E-state index in [-0.39, 0.29) is 36.5 Å². The number of esters is 1. The van der Waals surface area contributed by atoms with Gasteiger partial charge in [-0.15, -0.1) is 24.8 Å². The second-order valence-electron chi connectivity index (χ2n) is 6.69. The van der Waals surface area contributed by atoms with Gasteiger partial charge in [-0.3, -0.25) is 4.57 Å². The number of methoxy groups -OCH3 is 1. The lowest BCUT2D eigenvalue weighted by molar-refractivity contribution is 0.0600. The normalized spacial score (nSPS) is 14.1. The third kappa shape index (κ3) is 5.59. The minimum atomic E-state index is -0.384. The summed E-state index contributed by atoms with van der Waals surface area (Å²) in [6, 6.07) is 7.12. The maximum atomic E-state index is 12.7. The fourth-order valence-electron chi connectivity index (χ4n) is 3.49. The van der Waals surface area contributed by atoms with Gasteiger partial charge in [0.15, 0.2) is 0 Å². The molecule has 2 heterocycles. The molecule has 1 aromatic heterocycles. The van der Waals surface area contributed by atoms with E-state index in [1.54, 1.807) is 22.8 Å². The summed E-state index contributed by atoms with van der Waals surface area (Å²) in [6.45, 7) is 4.98. The van der Waals surface area contributed by atoms with Crippen LogP contribution in [0.4, 0.5) is 0 Å². The van der Waals surface area contributed by atoms with Gasteiger partial charge in [0, 0.05) is 13.0 Å². The first-order chi connectivity index (χ1) is 12.6. The number of rotatable bonds is 6. The molecule has 2 aromatic rings. The Labute approximate surface area is 177 Å². The number of ether oxygens (including phenoxy) is 1. The van der Waals surface area contributed by atoms with Crippen LogP contribution in [0.5, 0.6) is 0 Å². The second-order valence-corrected chi connectivity index (χ2v) is 6.69. The molecule has 0 aliphatic carbocycles. The maximum Gasteiger partial charge on any atom is 0.346 e. The van der Waals surface area contributed by atoms with Crippen molar-refractivity contribution in [3.63, 3.8) is 0 Å². The summed E-state index contributed by atoms with van der Waals surface area (Å²) < 4.78 is 8.01. The second kappa shape index (κ2) is 11.2. The zero-order valence-corrected chi connectivity index (χ0v) is 17.9. The van der Waals surface area contributed by atoms with Crippen molar-refractivity contribution < 1.29 is 9.53 Å². The molecule has 1 fully saturated rings. The summed E-state index contributed by atoms with van der Waals surface area (Å²) in [6.07, 6.45) is 3.07. The lowest BCUT2D eigenvalue weighted by Crippen LogP contribution is -2.30. The molecule has 0 radical (unpaired) electrons. The molecule has 0 unspecified atom stereocenters. The van der Waals surface area contributed by atoms with Crippen LogP contribution in [0.1, 0.15) is 41.5 Å². The first-order valence-electron chi connectivity index (χ1n) is 9.16. The lowest BCUT2D eigenvalue weighted by atomic mass is 9.94. The van der Waals surface area contributed by atoms with E-state index in [0.29, 0.717) is 24.6 Å². The first-order valence-corrected chi connectivity index (χ1v) is 9.16. The fourth-order valence-corrected chi connectivity index (χ4v) is 3.49. The number of hydrogen-bond donors (Lipinski definition) is 1. The van der Waals surface area contributed by atoms with Crippen molar-refractivity contribution in [3.8, 4) is 0 Å². The number of nitrogens with zero attached hydrogens (tertiary/aromatic N) is 3. The number of hydrogen-bond acceptors (Lipinski definition) is 5. The van der Waals surface area contributed by atoms with E-state index in [1.165, 1.54) is 11.8 Å². The van der Waals surface area contributed by atoms with E-state index in [2.05, 4.69) is 10.4 Å². The zero-order chi connectivity index (χ0) is 18.5. The molecule has 7 nitrogen and oxygen atoms in total. The largest absolute Gasteiger partial charge is 0.465 e. The van der Waals surface area contributed by atoms with Crippen molar-refractivity contribution in [1.82, 2.24) is 19.7 Å². The zero-order valence-electron chi connectivity index (χ0n) is 16.2. The Balaban J connectivity index is 0.00000196. The van der Waals surface area contributed by atoms with Gasteiger partial charge >= 0.3 is 11.7 Å². The predicted octanol–water partition coefficient (Wildman–Crippen LogP) is 2.29. The molecule has 156 valence electrons. The van der Waals surface area contributed by atoms with Gasteiger partial charge in [-0.2, -0.15) is 5.10 Å². The van der Waals surface area contributed by atoms with Gasteiger partial charge in [0.2, 0.25) is 0 Å². The Morgan fingerprint density at radius 2 is 2.00 bits per heavy atom. The summed E-state index contributed by atoms with van der Waals surface area (Å²) in [5.41, 5.74) is 1.23. The average Bonchev–Trinajstić information content (AvgIpc) is 2.96. The van der Waals surface area contributed by atoms with Crippen LogP contribution in [-0.4, -0.2) is 40.5 Å². The van der Waals surface area contributed by atoms with E-state index in [9.17, 15) is 9.59 Å². The lowest BCUT2D eigenvalue weighted by Gasteiger charge is -2.21. The number of halogens is 2. The molecule has 1 aromatic carbocycles. The van der Waals surface area contributed by atoms with Gasteiger partial charge < -0.3 is 10.1 Å². The van der Waals surface area contributed by atoms with Gasteiger partial charge in [0.05, 0.1) is 19.2 Å². The smallest absolute Gasteiger partial charge is 0.346 e. The molecule has 0 atom stereocenters. The van der Waals surface area contributed by atoms with E-state index in [0.717, 1.165) is 43.7 Å². The summed E-state index contributed by atoms with van der Waals surface area (Å²) in [7, 11) is 1.36. The first kappa shape index (κ1) is 24.2. The molecule has 0 spiro atoms. The summed E-state index contributed by atoms with van der Waals surface area (Å²) in [5, 5.41) is 7.96. The molecule has 1 aliphatic rings.